The first-order valence-corrected chi connectivity index (χ1v) is 12.8. The van der Waals surface area contributed by atoms with Crippen molar-refractivity contribution >= 4 is 23.8 Å². The summed E-state index contributed by atoms with van der Waals surface area (Å²) in [7, 11) is 0. The SMILES string of the molecule is CCCC(C)NC(=O)C(c1ccccc1C)N(C(=O)C(CCC(N)=O)NC(=O)OC(C)(C)C)C1CC1. The third kappa shape index (κ3) is 8.84. The van der Waals surface area contributed by atoms with Crippen LogP contribution in [0, 0.1) is 6.92 Å². The van der Waals surface area contributed by atoms with Gasteiger partial charge in [-0.25, -0.2) is 4.79 Å². The number of alkyl carbamates (subject to hydrolysis) is 1. The van der Waals surface area contributed by atoms with Crippen molar-refractivity contribution in [1.29, 1.82) is 0 Å². The first-order valence-electron chi connectivity index (χ1n) is 12.8. The lowest BCUT2D eigenvalue weighted by Gasteiger charge is -2.35. The van der Waals surface area contributed by atoms with Crippen molar-refractivity contribution in [3.05, 3.63) is 35.4 Å². The molecule has 1 aliphatic carbocycles. The molecule has 9 heteroatoms. The van der Waals surface area contributed by atoms with Crippen LogP contribution < -0.4 is 16.4 Å². The van der Waals surface area contributed by atoms with Crippen LogP contribution in [0.5, 0.6) is 0 Å². The van der Waals surface area contributed by atoms with Gasteiger partial charge in [0.1, 0.15) is 17.7 Å². The van der Waals surface area contributed by atoms with Crippen molar-refractivity contribution in [2.45, 2.75) is 110 Å². The molecule has 1 saturated carbocycles. The van der Waals surface area contributed by atoms with Gasteiger partial charge in [0.15, 0.2) is 0 Å². The first kappa shape index (κ1) is 29.1. The summed E-state index contributed by atoms with van der Waals surface area (Å²) in [6.45, 7) is 11.1. The second-order valence-corrected chi connectivity index (χ2v) is 10.6. The molecule has 0 bridgehead atoms. The summed E-state index contributed by atoms with van der Waals surface area (Å²) in [4.78, 5) is 53.4. The number of carbonyl (C=O) groups excluding carboxylic acids is 4. The van der Waals surface area contributed by atoms with Crippen LogP contribution in [0.1, 0.15) is 90.3 Å². The zero-order valence-electron chi connectivity index (χ0n) is 22.4. The second kappa shape index (κ2) is 12.7. The van der Waals surface area contributed by atoms with Crippen LogP contribution in [0.2, 0.25) is 0 Å². The Bertz CT molecular complexity index is 938. The Morgan fingerprint density at radius 3 is 2.28 bits per heavy atom. The van der Waals surface area contributed by atoms with Gasteiger partial charge in [0.2, 0.25) is 17.7 Å². The van der Waals surface area contributed by atoms with E-state index >= 15 is 0 Å². The molecule has 0 saturated heterocycles. The minimum Gasteiger partial charge on any atom is -0.444 e. The fourth-order valence-corrected chi connectivity index (χ4v) is 4.18. The molecule has 0 spiro atoms. The highest BCUT2D eigenvalue weighted by Gasteiger charge is 2.44. The molecule has 36 heavy (non-hydrogen) atoms. The van der Waals surface area contributed by atoms with Crippen LogP contribution >= 0.6 is 0 Å². The molecule has 0 aromatic heterocycles. The van der Waals surface area contributed by atoms with E-state index in [2.05, 4.69) is 10.6 Å². The number of nitrogens with one attached hydrogen (secondary N) is 2. The Morgan fingerprint density at radius 1 is 1.11 bits per heavy atom. The molecular weight excluding hydrogens is 460 g/mol. The van der Waals surface area contributed by atoms with E-state index in [-0.39, 0.29) is 30.8 Å². The van der Waals surface area contributed by atoms with E-state index in [0.717, 1.165) is 36.8 Å². The first-order chi connectivity index (χ1) is 16.8. The molecule has 2 rings (SSSR count). The second-order valence-electron chi connectivity index (χ2n) is 10.6. The molecule has 3 unspecified atom stereocenters. The highest BCUT2D eigenvalue weighted by molar-refractivity contribution is 5.93. The third-order valence-electron chi connectivity index (χ3n) is 5.98. The molecule has 1 aliphatic rings. The topological polar surface area (TPSA) is 131 Å². The molecular formula is C27H42N4O5. The molecule has 1 aromatic carbocycles. The largest absolute Gasteiger partial charge is 0.444 e. The predicted molar refractivity (Wildman–Crippen MR) is 138 cm³/mol. The number of hydrogen-bond donors (Lipinski definition) is 3. The van der Waals surface area contributed by atoms with E-state index in [9.17, 15) is 19.2 Å². The zero-order chi connectivity index (χ0) is 27.0. The number of aryl methyl sites for hydroxylation is 1. The van der Waals surface area contributed by atoms with Crippen LogP contribution in [0.25, 0.3) is 0 Å². The van der Waals surface area contributed by atoms with E-state index in [1.807, 2.05) is 45.0 Å². The highest BCUT2D eigenvalue weighted by Crippen LogP contribution is 2.37. The molecule has 3 atom stereocenters. The number of rotatable bonds is 12. The van der Waals surface area contributed by atoms with Gasteiger partial charge in [-0.1, -0.05) is 37.6 Å². The molecule has 0 aliphatic heterocycles. The maximum absolute atomic E-state index is 14.0. The van der Waals surface area contributed by atoms with Gasteiger partial charge in [0.25, 0.3) is 0 Å². The minimum absolute atomic E-state index is 0.00494. The van der Waals surface area contributed by atoms with Crippen molar-refractivity contribution in [1.82, 2.24) is 15.5 Å². The zero-order valence-corrected chi connectivity index (χ0v) is 22.4. The van der Waals surface area contributed by atoms with Crippen LogP contribution in [-0.4, -0.2) is 52.4 Å². The average molecular weight is 503 g/mol. The number of hydrogen-bond acceptors (Lipinski definition) is 5. The minimum atomic E-state index is -1.07. The monoisotopic (exact) mass is 502 g/mol. The number of carbonyl (C=O) groups is 4. The molecule has 1 fully saturated rings. The summed E-state index contributed by atoms with van der Waals surface area (Å²) < 4.78 is 5.36. The van der Waals surface area contributed by atoms with Crippen LogP contribution in [0.4, 0.5) is 4.79 Å². The number of primary amides is 1. The Morgan fingerprint density at radius 2 is 1.75 bits per heavy atom. The lowest BCUT2D eigenvalue weighted by molar-refractivity contribution is -0.143. The molecule has 0 heterocycles. The van der Waals surface area contributed by atoms with E-state index < -0.39 is 35.6 Å². The number of benzene rings is 1. The molecule has 4 amide bonds. The Hall–Kier alpha value is -3.10. The summed E-state index contributed by atoms with van der Waals surface area (Å²) in [5.41, 5.74) is 6.19. The van der Waals surface area contributed by atoms with Gasteiger partial charge in [-0.3, -0.25) is 14.4 Å². The van der Waals surface area contributed by atoms with Gasteiger partial charge in [0, 0.05) is 18.5 Å². The van der Waals surface area contributed by atoms with Crippen LogP contribution in [0.3, 0.4) is 0 Å². The van der Waals surface area contributed by atoms with Crippen molar-refractivity contribution in [2.75, 3.05) is 0 Å². The number of amides is 4. The van der Waals surface area contributed by atoms with Gasteiger partial charge in [-0.15, -0.1) is 0 Å². The maximum atomic E-state index is 14.0. The van der Waals surface area contributed by atoms with Gasteiger partial charge >= 0.3 is 6.09 Å². The summed E-state index contributed by atoms with van der Waals surface area (Å²) >= 11 is 0. The lowest BCUT2D eigenvalue weighted by atomic mass is 9.97. The van der Waals surface area contributed by atoms with Crippen LogP contribution in [0.15, 0.2) is 24.3 Å². The summed E-state index contributed by atoms with van der Waals surface area (Å²) in [5, 5.41) is 5.69. The molecule has 9 nitrogen and oxygen atoms in total. The Labute approximate surface area is 214 Å². The van der Waals surface area contributed by atoms with Gasteiger partial charge < -0.3 is 26.0 Å². The van der Waals surface area contributed by atoms with Gasteiger partial charge in [-0.2, -0.15) is 0 Å². The Kier molecular flexibility index (Phi) is 10.3. The third-order valence-corrected chi connectivity index (χ3v) is 5.98. The molecule has 200 valence electrons. The van der Waals surface area contributed by atoms with Crippen molar-refractivity contribution in [2.24, 2.45) is 5.73 Å². The smallest absolute Gasteiger partial charge is 0.408 e. The van der Waals surface area contributed by atoms with E-state index in [1.165, 1.54) is 0 Å². The van der Waals surface area contributed by atoms with Gasteiger partial charge in [-0.05, 0) is 71.4 Å². The maximum Gasteiger partial charge on any atom is 0.408 e. The van der Waals surface area contributed by atoms with E-state index in [0.29, 0.717) is 0 Å². The predicted octanol–water partition coefficient (Wildman–Crippen LogP) is 3.49. The molecule has 0 radical (unpaired) electrons. The lowest BCUT2D eigenvalue weighted by Crippen LogP contribution is -2.54. The van der Waals surface area contributed by atoms with Crippen molar-refractivity contribution in [3.8, 4) is 0 Å². The fourth-order valence-electron chi connectivity index (χ4n) is 4.18. The normalized spacial score (nSPS) is 15.8. The molecule has 1 aromatic rings. The average Bonchev–Trinajstić information content (AvgIpc) is 3.59. The van der Waals surface area contributed by atoms with Gasteiger partial charge in [0.05, 0.1) is 0 Å². The standard InChI is InChI=1S/C27H42N4O5/c1-7-10-18(3)29-24(33)23(20-12-9-8-11-17(20)2)31(19-13-14-19)25(34)21(15-16-22(28)32)30-26(35)36-27(4,5)6/h8-9,11-12,18-19,21,23H,7,10,13-16H2,1-6H3,(H2,28,32)(H,29,33)(H,30,35). The van der Waals surface area contributed by atoms with Crippen LogP contribution in [-0.2, 0) is 19.1 Å². The summed E-state index contributed by atoms with van der Waals surface area (Å²) in [6, 6.07) is 5.34. The summed E-state index contributed by atoms with van der Waals surface area (Å²) in [6.07, 6.45) is 2.36. The number of nitrogens with zero attached hydrogens (tertiary/aromatic N) is 1. The summed E-state index contributed by atoms with van der Waals surface area (Å²) in [5.74, 6) is -1.29. The van der Waals surface area contributed by atoms with E-state index in [1.54, 1.807) is 25.7 Å². The number of nitrogens with two attached hydrogens (primary N) is 1. The Balaban J connectivity index is 2.45. The van der Waals surface area contributed by atoms with E-state index in [4.69, 9.17) is 10.5 Å². The van der Waals surface area contributed by atoms with Crippen molar-refractivity contribution in [3.63, 3.8) is 0 Å². The van der Waals surface area contributed by atoms with Crippen molar-refractivity contribution < 1.29 is 23.9 Å². The molecule has 4 N–H and O–H groups in total. The highest BCUT2D eigenvalue weighted by atomic mass is 16.6. The fraction of sp³-hybridized carbons (Fsp3) is 0.630. The quantitative estimate of drug-likeness (QED) is 0.403. The number of ether oxygens (including phenoxy) is 1.